The zero-order valence-electron chi connectivity index (χ0n) is 15.7. The molecule has 0 fully saturated rings. The van der Waals surface area contributed by atoms with Crippen molar-refractivity contribution in [3.63, 3.8) is 0 Å². The van der Waals surface area contributed by atoms with Gasteiger partial charge in [0.1, 0.15) is 27.9 Å². The molecule has 1 heterocycles. The van der Waals surface area contributed by atoms with Gasteiger partial charge in [0, 0.05) is 13.1 Å². The highest BCUT2D eigenvalue weighted by Crippen LogP contribution is 2.30. The van der Waals surface area contributed by atoms with E-state index in [9.17, 15) is 5.11 Å². The molecule has 0 amide bonds. The minimum atomic E-state index is -0.158. The molecule has 4 N–H and O–H groups in total. The van der Waals surface area contributed by atoms with Crippen LogP contribution in [0.25, 0.3) is 0 Å². The number of nitrogens with zero attached hydrogens (tertiary/aromatic N) is 1. The molecule has 3 rings (SSSR count). The summed E-state index contributed by atoms with van der Waals surface area (Å²) in [5, 5.41) is 25.3. The topological polar surface area (TPSA) is 99.5 Å². The fourth-order valence-electron chi connectivity index (χ4n) is 2.58. The lowest BCUT2D eigenvalue weighted by Gasteiger charge is -2.11. The van der Waals surface area contributed by atoms with E-state index in [0.29, 0.717) is 23.7 Å². The van der Waals surface area contributed by atoms with E-state index in [4.69, 9.17) is 14.9 Å². The number of ether oxygens (including phenoxy) is 2. The third kappa shape index (κ3) is 4.72. The summed E-state index contributed by atoms with van der Waals surface area (Å²) in [6, 6.07) is 15.3. The maximum atomic E-state index is 10.1. The molecule has 0 aliphatic rings. The second-order valence-corrected chi connectivity index (χ2v) is 6.76. The van der Waals surface area contributed by atoms with Crippen molar-refractivity contribution in [1.29, 1.82) is 5.41 Å². The van der Waals surface area contributed by atoms with Crippen LogP contribution in [0.4, 0.5) is 5.00 Å². The lowest BCUT2D eigenvalue weighted by Crippen LogP contribution is -2.23. The van der Waals surface area contributed by atoms with Crippen LogP contribution in [0.2, 0.25) is 0 Å². The van der Waals surface area contributed by atoms with Crippen LogP contribution in [0.15, 0.2) is 48.5 Å². The van der Waals surface area contributed by atoms with Gasteiger partial charge in [-0.1, -0.05) is 24.3 Å². The highest BCUT2D eigenvalue weighted by atomic mass is 32.1. The Morgan fingerprint density at radius 3 is 2.04 bits per heavy atom. The van der Waals surface area contributed by atoms with E-state index in [1.807, 2.05) is 48.5 Å². The zero-order chi connectivity index (χ0) is 19.9. The van der Waals surface area contributed by atoms with Crippen molar-refractivity contribution in [2.75, 3.05) is 19.5 Å². The minimum absolute atomic E-state index is 0.110. The summed E-state index contributed by atoms with van der Waals surface area (Å²) in [5.74, 6) is 1.53. The number of rotatable bonds is 8. The Bertz CT molecular complexity index is 924. The van der Waals surface area contributed by atoms with Crippen LogP contribution in [0.1, 0.15) is 16.7 Å². The van der Waals surface area contributed by atoms with Gasteiger partial charge in [0.15, 0.2) is 0 Å². The second-order valence-electron chi connectivity index (χ2n) is 5.99. The molecule has 0 radical (unpaired) electrons. The largest absolute Gasteiger partial charge is 0.497 e. The Labute approximate surface area is 167 Å². The van der Waals surface area contributed by atoms with Crippen LogP contribution in [-0.4, -0.2) is 29.5 Å². The summed E-state index contributed by atoms with van der Waals surface area (Å²) in [5.41, 5.74) is 2.42. The van der Waals surface area contributed by atoms with Gasteiger partial charge in [-0.25, -0.2) is 0 Å². The maximum Gasteiger partial charge on any atom is 0.236 e. The lowest BCUT2D eigenvalue weighted by atomic mass is 10.2. The Morgan fingerprint density at radius 1 is 0.964 bits per heavy atom. The van der Waals surface area contributed by atoms with E-state index < -0.39 is 0 Å². The standard InChI is InChI=1S/C20H22N4O3S/c1-26-15-7-3-13(4-8-15)11-22-18(21)17-19(25)24-28-20(17)23-12-14-5-9-16(27-2)10-6-14/h3-10,23H,11-12H2,1-2H3,(H2,21,22)(H,24,25). The molecule has 0 unspecified atom stereocenters. The first-order chi connectivity index (χ1) is 13.6. The first-order valence-electron chi connectivity index (χ1n) is 8.62. The molecule has 0 bridgehead atoms. The molecule has 2 aromatic carbocycles. The van der Waals surface area contributed by atoms with Gasteiger partial charge in [-0.15, -0.1) is 0 Å². The van der Waals surface area contributed by atoms with Crippen LogP contribution in [0, 0.1) is 5.41 Å². The van der Waals surface area contributed by atoms with Crippen LogP contribution in [0.3, 0.4) is 0 Å². The molecule has 0 spiro atoms. The number of amidine groups is 1. The summed E-state index contributed by atoms with van der Waals surface area (Å²) >= 11 is 1.12. The van der Waals surface area contributed by atoms with Gasteiger partial charge in [0.2, 0.25) is 5.88 Å². The molecule has 1 aromatic heterocycles. The highest BCUT2D eigenvalue weighted by Gasteiger charge is 2.17. The average molecular weight is 398 g/mol. The van der Waals surface area contributed by atoms with Gasteiger partial charge >= 0.3 is 0 Å². The molecule has 7 nitrogen and oxygen atoms in total. The predicted molar refractivity (Wildman–Crippen MR) is 111 cm³/mol. The quantitative estimate of drug-likeness (QED) is 0.342. The Hall–Kier alpha value is -3.26. The molecule has 28 heavy (non-hydrogen) atoms. The zero-order valence-corrected chi connectivity index (χ0v) is 16.5. The van der Waals surface area contributed by atoms with E-state index in [0.717, 1.165) is 34.2 Å². The number of benzene rings is 2. The van der Waals surface area contributed by atoms with Crippen molar-refractivity contribution in [3.8, 4) is 17.4 Å². The number of nitrogens with one attached hydrogen (secondary N) is 3. The molecular weight excluding hydrogens is 376 g/mol. The number of aromatic nitrogens is 1. The summed E-state index contributed by atoms with van der Waals surface area (Å²) in [4.78, 5) is 0. The lowest BCUT2D eigenvalue weighted by molar-refractivity contribution is 0.414. The maximum absolute atomic E-state index is 10.1. The van der Waals surface area contributed by atoms with Gasteiger partial charge < -0.3 is 25.2 Å². The summed E-state index contributed by atoms with van der Waals surface area (Å²) in [6.45, 7) is 1.00. The smallest absolute Gasteiger partial charge is 0.236 e. The number of methoxy groups -OCH3 is 2. The fourth-order valence-corrected chi connectivity index (χ4v) is 3.27. The molecule has 0 aliphatic carbocycles. The van der Waals surface area contributed by atoms with E-state index in [1.54, 1.807) is 14.2 Å². The number of aromatic hydroxyl groups is 1. The van der Waals surface area contributed by atoms with E-state index >= 15 is 0 Å². The first kappa shape index (κ1) is 19.5. The van der Waals surface area contributed by atoms with Crippen molar-refractivity contribution in [2.24, 2.45) is 0 Å². The van der Waals surface area contributed by atoms with Crippen molar-refractivity contribution < 1.29 is 14.6 Å². The van der Waals surface area contributed by atoms with Gasteiger partial charge in [-0.2, -0.15) is 4.37 Å². The summed E-state index contributed by atoms with van der Waals surface area (Å²) in [6.07, 6.45) is 0. The van der Waals surface area contributed by atoms with Gasteiger partial charge in [0.25, 0.3) is 0 Å². The summed E-state index contributed by atoms with van der Waals surface area (Å²) < 4.78 is 14.3. The highest BCUT2D eigenvalue weighted by molar-refractivity contribution is 7.10. The third-order valence-electron chi connectivity index (χ3n) is 4.16. The molecular formula is C20H22N4O3S. The molecule has 8 heteroatoms. The van der Waals surface area contributed by atoms with E-state index in [1.165, 1.54) is 0 Å². The van der Waals surface area contributed by atoms with Crippen molar-refractivity contribution in [1.82, 2.24) is 9.69 Å². The Balaban J connectivity index is 1.62. The minimum Gasteiger partial charge on any atom is -0.497 e. The molecule has 3 aromatic rings. The van der Waals surface area contributed by atoms with Crippen LogP contribution < -0.4 is 20.1 Å². The second kappa shape index (κ2) is 9.09. The average Bonchev–Trinajstić information content (AvgIpc) is 3.11. The van der Waals surface area contributed by atoms with Crippen molar-refractivity contribution >= 4 is 22.4 Å². The van der Waals surface area contributed by atoms with Crippen LogP contribution in [0.5, 0.6) is 17.4 Å². The van der Waals surface area contributed by atoms with Crippen LogP contribution in [-0.2, 0) is 13.1 Å². The van der Waals surface area contributed by atoms with Gasteiger partial charge in [0.05, 0.1) is 14.2 Å². The molecule has 0 saturated carbocycles. The van der Waals surface area contributed by atoms with Gasteiger partial charge in [-0.3, -0.25) is 5.41 Å². The van der Waals surface area contributed by atoms with E-state index in [2.05, 4.69) is 15.0 Å². The van der Waals surface area contributed by atoms with Gasteiger partial charge in [-0.05, 0) is 46.9 Å². The summed E-state index contributed by atoms with van der Waals surface area (Å²) in [7, 11) is 3.25. The molecule has 0 saturated heterocycles. The Kier molecular flexibility index (Phi) is 6.33. The SMILES string of the molecule is COc1ccc(CNC(=N)c2c(O)nsc2NCc2ccc(OC)cc2)cc1. The molecule has 0 atom stereocenters. The third-order valence-corrected chi connectivity index (χ3v) is 4.96. The van der Waals surface area contributed by atoms with E-state index in [-0.39, 0.29) is 11.7 Å². The van der Waals surface area contributed by atoms with Crippen molar-refractivity contribution in [2.45, 2.75) is 13.1 Å². The fraction of sp³-hybridized carbons (Fsp3) is 0.200. The van der Waals surface area contributed by atoms with Crippen molar-refractivity contribution in [3.05, 3.63) is 65.2 Å². The monoisotopic (exact) mass is 398 g/mol. The number of anilines is 1. The van der Waals surface area contributed by atoms with Crippen LogP contribution >= 0.6 is 11.5 Å². The number of hydrogen-bond acceptors (Lipinski definition) is 7. The molecule has 0 aliphatic heterocycles. The Morgan fingerprint density at radius 2 is 1.50 bits per heavy atom. The normalized spacial score (nSPS) is 10.4. The first-order valence-corrected chi connectivity index (χ1v) is 9.39. The predicted octanol–water partition coefficient (Wildman–Crippen LogP) is 3.59. The number of hydrogen-bond donors (Lipinski definition) is 4. The molecule has 146 valence electrons.